The summed E-state index contributed by atoms with van der Waals surface area (Å²) in [6.45, 7) is 1.96. The van der Waals surface area contributed by atoms with E-state index in [9.17, 15) is 0 Å². The summed E-state index contributed by atoms with van der Waals surface area (Å²) < 4.78 is 2.78. The van der Waals surface area contributed by atoms with Crippen LogP contribution in [0.4, 0.5) is 0 Å². The van der Waals surface area contributed by atoms with Crippen LogP contribution in [-0.4, -0.2) is 14.8 Å². The van der Waals surface area contributed by atoms with E-state index in [-0.39, 0.29) is 0 Å². The van der Waals surface area contributed by atoms with Gasteiger partial charge >= 0.3 is 0 Å². The Morgan fingerprint density at radius 1 is 1.46 bits per heavy atom. The van der Waals surface area contributed by atoms with Gasteiger partial charge in [-0.15, -0.1) is 0 Å². The number of hydrogen-bond donors (Lipinski definition) is 0. The van der Waals surface area contributed by atoms with Crippen LogP contribution >= 0.6 is 15.9 Å². The van der Waals surface area contributed by atoms with Crippen molar-refractivity contribution in [1.29, 1.82) is 0 Å². The summed E-state index contributed by atoms with van der Waals surface area (Å²) in [5, 5.41) is 4.17. The molecule has 2 heterocycles. The zero-order valence-corrected chi connectivity index (χ0v) is 8.69. The van der Waals surface area contributed by atoms with Crippen LogP contribution in [0.15, 0.2) is 35.2 Å². The molecule has 0 atom stereocenters. The Bertz CT molecular complexity index is 422. The first-order valence-electron chi connectivity index (χ1n) is 3.89. The second-order valence-corrected chi connectivity index (χ2v) is 3.67. The number of nitrogens with zero attached hydrogens (tertiary/aromatic N) is 3. The Morgan fingerprint density at radius 3 is 2.92 bits per heavy atom. The molecule has 0 saturated carbocycles. The third kappa shape index (κ3) is 1.78. The predicted molar refractivity (Wildman–Crippen MR) is 53.8 cm³/mol. The lowest BCUT2D eigenvalue weighted by Gasteiger charge is -2.00. The SMILES string of the molecule is Cc1cc(-n2cc(Br)cn2)ccn1. The smallest absolute Gasteiger partial charge is 0.0679 e. The zero-order chi connectivity index (χ0) is 9.26. The fraction of sp³-hybridized carbons (Fsp3) is 0.111. The molecule has 0 N–H and O–H groups in total. The van der Waals surface area contributed by atoms with Gasteiger partial charge in [0.05, 0.1) is 16.4 Å². The largest absolute Gasteiger partial charge is 0.261 e. The highest BCUT2D eigenvalue weighted by molar-refractivity contribution is 9.10. The Kier molecular flexibility index (Phi) is 2.14. The van der Waals surface area contributed by atoms with E-state index in [0.717, 1.165) is 15.9 Å². The van der Waals surface area contributed by atoms with Gasteiger partial charge in [-0.2, -0.15) is 5.10 Å². The number of hydrogen-bond acceptors (Lipinski definition) is 2. The molecule has 2 rings (SSSR count). The molecule has 4 heteroatoms. The first kappa shape index (κ1) is 8.44. The van der Waals surface area contributed by atoms with Crippen molar-refractivity contribution in [2.75, 3.05) is 0 Å². The number of aryl methyl sites for hydroxylation is 1. The Morgan fingerprint density at radius 2 is 2.31 bits per heavy atom. The molecule has 0 fully saturated rings. The maximum Gasteiger partial charge on any atom is 0.0679 e. The molecule has 0 bridgehead atoms. The molecular formula is C9H8BrN3. The summed E-state index contributed by atoms with van der Waals surface area (Å²) in [7, 11) is 0. The summed E-state index contributed by atoms with van der Waals surface area (Å²) >= 11 is 3.35. The first-order valence-corrected chi connectivity index (χ1v) is 4.68. The molecule has 66 valence electrons. The van der Waals surface area contributed by atoms with Crippen molar-refractivity contribution in [2.24, 2.45) is 0 Å². The van der Waals surface area contributed by atoms with Gasteiger partial charge in [-0.3, -0.25) is 4.98 Å². The third-order valence-electron chi connectivity index (χ3n) is 1.70. The highest BCUT2D eigenvalue weighted by Gasteiger charge is 1.98. The average molecular weight is 238 g/mol. The molecule has 0 amide bonds. The molecule has 13 heavy (non-hydrogen) atoms. The molecule has 0 radical (unpaired) electrons. The van der Waals surface area contributed by atoms with E-state index < -0.39 is 0 Å². The molecule has 3 nitrogen and oxygen atoms in total. The second-order valence-electron chi connectivity index (χ2n) is 2.76. The van der Waals surface area contributed by atoms with Gasteiger partial charge in [0.2, 0.25) is 0 Å². The molecule has 0 saturated heterocycles. The Balaban J connectivity index is 2.46. The van der Waals surface area contributed by atoms with Crippen LogP contribution < -0.4 is 0 Å². The third-order valence-corrected chi connectivity index (χ3v) is 2.11. The quantitative estimate of drug-likeness (QED) is 0.763. The van der Waals surface area contributed by atoms with Crippen LogP contribution in [0, 0.1) is 6.92 Å². The molecule has 0 unspecified atom stereocenters. The maximum absolute atomic E-state index is 4.17. The summed E-state index contributed by atoms with van der Waals surface area (Å²) in [6.07, 6.45) is 5.45. The van der Waals surface area contributed by atoms with Crippen molar-refractivity contribution < 1.29 is 0 Å². The van der Waals surface area contributed by atoms with Gasteiger partial charge in [0.15, 0.2) is 0 Å². The van der Waals surface area contributed by atoms with Crippen LogP contribution in [0.25, 0.3) is 5.69 Å². The van der Waals surface area contributed by atoms with Crippen LogP contribution in [0.3, 0.4) is 0 Å². The lowest BCUT2D eigenvalue weighted by molar-refractivity contribution is 0.874. The standard InChI is InChI=1S/C9H8BrN3/c1-7-4-9(2-3-11-7)13-6-8(10)5-12-13/h2-6H,1H3. The van der Waals surface area contributed by atoms with Gasteiger partial charge < -0.3 is 0 Å². The minimum atomic E-state index is 0.974. The van der Waals surface area contributed by atoms with E-state index in [2.05, 4.69) is 26.0 Å². The van der Waals surface area contributed by atoms with Crippen LogP contribution in [0.5, 0.6) is 0 Å². The fourth-order valence-corrected chi connectivity index (χ4v) is 1.40. The van der Waals surface area contributed by atoms with Crippen molar-refractivity contribution in [3.63, 3.8) is 0 Å². The lowest BCUT2D eigenvalue weighted by atomic mass is 10.3. The highest BCUT2D eigenvalue weighted by atomic mass is 79.9. The van der Waals surface area contributed by atoms with Crippen molar-refractivity contribution in [3.05, 3.63) is 40.9 Å². The van der Waals surface area contributed by atoms with Crippen molar-refractivity contribution in [3.8, 4) is 5.69 Å². The monoisotopic (exact) mass is 237 g/mol. The predicted octanol–water partition coefficient (Wildman–Crippen LogP) is 2.34. The summed E-state index contributed by atoms with van der Waals surface area (Å²) in [5.74, 6) is 0. The molecule has 0 aliphatic heterocycles. The van der Waals surface area contributed by atoms with Crippen molar-refractivity contribution >= 4 is 15.9 Å². The van der Waals surface area contributed by atoms with Crippen LogP contribution in [0.2, 0.25) is 0 Å². The molecule has 0 spiro atoms. The number of aromatic nitrogens is 3. The minimum absolute atomic E-state index is 0.974. The molecule has 0 aromatic carbocycles. The minimum Gasteiger partial charge on any atom is -0.261 e. The van der Waals surface area contributed by atoms with E-state index in [1.54, 1.807) is 17.1 Å². The van der Waals surface area contributed by atoms with Gasteiger partial charge in [0.1, 0.15) is 0 Å². The normalized spacial score (nSPS) is 10.3. The zero-order valence-electron chi connectivity index (χ0n) is 7.11. The van der Waals surface area contributed by atoms with Crippen LogP contribution in [-0.2, 0) is 0 Å². The molecule has 0 aliphatic rings. The topological polar surface area (TPSA) is 30.7 Å². The number of halogens is 1. The highest BCUT2D eigenvalue weighted by Crippen LogP contribution is 2.12. The van der Waals surface area contributed by atoms with Gasteiger partial charge in [-0.05, 0) is 35.0 Å². The van der Waals surface area contributed by atoms with E-state index in [0.29, 0.717) is 0 Å². The summed E-state index contributed by atoms with van der Waals surface area (Å²) in [6, 6.07) is 3.91. The van der Waals surface area contributed by atoms with Gasteiger partial charge in [0, 0.05) is 18.1 Å². The van der Waals surface area contributed by atoms with Gasteiger partial charge in [-0.25, -0.2) is 4.68 Å². The van der Waals surface area contributed by atoms with Crippen molar-refractivity contribution in [1.82, 2.24) is 14.8 Å². The van der Waals surface area contributed by atoms with E-state index >= 15 is 0 Å². The summed E-state index contributed by atoms with van der Waals surface area (Å²) in [4.78, 5) is 4.12. The number of rotatable bonds is 1. The van der Waals surface area contributed by atoms with E-state index in [4.69, 9.17) is 0 Å². The van der Waals surface area contributed by atoms with Gasteiger partial charge in [0.25, 0.3) is 0 Å². The lowest BCUT2D eigenvalue weighted by Crippen LogP contribution is -1.94. The second kappa shape index (κ2) is 3.30. The molecular weight excluding hydrogens is 230 g/mol. The van der Waals surface area contributed by atoms with Crippen LogP contribution in [0.1, 0.15) is 5.69 Å². The molecule has 0 aliphatic carbocycles. The van der Waals surface area contributed by atoms with Crippen molar-refractivity contribution in [2.45, 2.75) is 6.92 Å². The molecule has 2 aromatic heterocycles. The molecule has 2 aromatic rings. The Labute approximate surface area is 84.5 Å². The number of pyridine rings is 1. The van der Waals surface area contributed by atoms with Gasteiger partial charge in [-0.1, -0.05) is 0 Å². The Hall–Kier alpha value is -1.16. The van der Waals surface area contributed by atoms with E-state index in [1.807, 2.05) is 25.3 Å². The fourth-order valence-electron chi connectivity index (χ4n) is 1.12. The summed E-state index contributed by atoms with van der Waals surface area (Å²) in [5.41, 5.74) is 2.02. The average Bonchev–Trinajstić information content (AvgIpc) is 2.52. The van der Waals surface area contributed by atoms with E-state index in [1.165, 1.54) is 0 Å². The first-order chi connectivity index (χ1) is 6.25. The maximum atomic E-state index is 4.17.